The van der Waals surface area contributed by atoms with Gasteiger partial charge in [0.25, 0.3) is 5.56 Å². The number of carbonyl (C=O) groups is 1. The molecule has 1 N–H and O–H groups in total. The van der Waals surface area contributed by atoms with Crippen LogP contribution in [0.1, 0.15) is 19.8 Å². The van der Waals surface area contributed by atoms with Gasteiger partial charge in [0.1, 0.15) is 9.47 Å². The quantitative estimate of drug-likeness (QED) is 0.547. The van der Waals surface area contributed by atoms with E-state index in [2.05, 4.69) is 0 Å². The Balaban J connectivity index is 2.49. The topological polar surface area (TPSA) is 81.3 Å². The SMILES string of the molecule is CCCn1c(=O)c2ccccc2c2c(=S)n(CCC(=O)O)c(=O)sc21. The Morgan fingerprint density at radius 1 is 1.16 bits per heavy atom. The fourth-order valence-corrected chi connectivity index (χ4v) is 4.43. The van der Waals surface area contributed by atoms with E-state index < -0.39 is 5.97 Å². The first-order valence-corrected chi connectivity index (χ1v) is 9.09. The smallest absolute Gasteiger partial charge is 0.310 e. The molecular weight excluding hydrogens is 360 g/mol. The number of hydrogen-bond acceptors (Lipinski definition) is 5. The summed E-state index contributed by atoms with van der Waals surface area (Å²) in [6.45, 7) is 2.46. The minimum absolute atomic E-state index is 0.0146. The summed E-state index contributed by atoms with van der Waals surface area (Å²) in [7, 11) is 0. The maximum absolute atomic E-state index is 12.8. The van der Waals surface area contributed by atoms with Crippen LogP contribution in [0.3, 0.4) is 0 Å². The zero-order valence-electron chi connectivity index (χ0n) is 13.5. The van der Waals surface area contributed by atoms with Crippen molar-refractivity contribution in [1.82, 2.24) is 9.13 Å². The Bertz CT molecular complexity index is 1160. The lowest BCUT2D eigenvalue weighted by atomic mass is 10.1. The summed E-state index contributed by atoms with van der Waals surface area (Å²) in [5.74, 6) is -0.993. The highest BCUT2D eigenvalue weighted by atomic mass is 32.1. The maximum Gasteiger partial charge on any atom is 0.310 e. The van der Waals surface area contributed by atoms with Gasteiger partial charge in [-0.15, -0.1) is 0 Å². The van der Waals surface area contributed by atoms with Crippen LogP contribution in [0, 0.1) is 4.64 Å². The summed E-state index contributed by atoms with van der Waals surface area (Å²) in [6, 6.07) is 7.16. The van der Waals surface area contributed by atoms with E-state index in [0.717, 1.165) is 17.8 Å². The number of aliphatic carboxylic acids is 1. The van der Waals surface area contributed by atoms with E-state index in [1.807, 2.05) is 19.1 Å². The highest BCUT2D eigenvalue weighted by Gasteiger charge is 2.15. The second-order valence-electron chi connectivity index (χ2n) is 5.65. The van der Waals surface area contributed by atoms with Crippen LogP contribution >= 0.6 is 23.6 Å². The normalized spacial score (nSPS) is 11.2. The third kappa shape index (κ3) is 3.03. The Morgan fingerprint density at radius 3 is 2.48 bits per heavy atom. The molecule has 2 aromatic heterocycles. The van der Waals surface area contributed by atoms with Gasteiger partial charge < -0.3 is 5.11 Å². The van der Waals surface area contributed by atoms with Crippen LogP contribution < -0.4 is 10.4 Å². The zero-order valence-corrected chi connectivity index (χ0v) is 15.2. The second kappa shape index (κ2) is 6.89. The molecule has 0 bridgehead atoms. The van der Waals surface area contributed by atoms with Crippen molar-refractivity contribution in [3.8, 4) is 0 Å². The zero-order chi connectivity index (χ0) is 18.1. The molecular formula is C17H16N2O4S2. The van der Waals surface area contributed by atoms with Gasteiger partial charge >= 0.3 is 10.8 Å². The number of hydrogen-bond donors (Lipinski definition) is 1. The van der Waals surface area contributed by atoms with Crippen LogP contribution in [0.15, 0.2) is 33.9 Å². The van der Waals surface area contributed by atoms with Crippen molar-refractivity contribution in [2.45, 2.75) is 32.9 Å². The van der Waals surface area contributed by atoms with Gasteiger partial charge in [-0.3, -0.25) is 23.5 Å². The van der Waals surface area contributed by atoms with Crippen LogP contribution in [-0.2, 0) is 17.9 Å². The van der Waals surface area contributed by atoms with Gasteiger partial charge in [0, 0.05) is 23.9 Å². The first kappa shape index (κ1) is 17.5. The van der Waals surface area contributed by atoms with Gasteiger partial charge in [0.2, 0.25) is 0 Å². The van der Waals surface area contributed by atoms with Crippen LogP contribution in [0.4, 0.5) is 0 Å². The molecule has 0 fully saturated rings. The molecule has 3 aromatic rings. The minimum atomic E-state index is -0.993. The molecule has 1 aromatic carbocycles. The summed E-state index contributed by atoms with van der Waals surface area (Å²) in [5.41, 5.74) is -0.140. The second-order valence-corrected chi connectivity index (χ2v) is 6.98. The van der Waals surface area contributed by atoms with Crippen molar-refractivity contribution in [1.29, 1.82) is 0 Å². The van der Waals surface area contributed by atoms with Crippen LogP contribution in [0.5, 0.6) is 0 Å². The lowest BCUT2D eigenvalue weighted by molar-refractivity contribution is -0.137. The monoisotopic (exact) mass is 376 g/mol. The minimum Gasteiger partial charge on any atom is -0.481 e. The fourth-order valence-electron chi connectivity index (χ4n) is 2.87. The molecule has 0 aliphatic rings. The molecule has 2 heterocycles. The average Bonchev–Trinajstić information content (AvgIpc) is 2.57. The van der Waals surface area contributed by atoms with Gasteiger partial charge in [0.05, 0.1) is 11.8 Å². The largest absolute Gasteiger partial charge is 0.481 e. The molecule has 0 saturated heterocycles. The highest BCUT2D eigenvalue weighted by Crippen LogP contribution is 2.25. The molecule has 6 nitrogen and oxygen atoms in total. The van der Waals surface area contributed by atoms with Crippen molar-refractivity contribution in [3.63, 3.8) is 0 Å². The maximum atomic E-state index is 12.8. The molecule has 8 heteroatoms. The Morgan fingerprint density at radius 2 is 1.84 bits per heavy atom. The molecule has 130 valence electrons. The fraction of sp³-hybridized carbons (Fsp3) is 0.294. The molecule has 0 unspecified atom stereocenters. The first-order chi connectivity index (χ1) is 12.0. The first-order valence-electron chi connectivity index (χ1n) is 7.86. The Hall–Kier alpha value is -2.32. The van der Waals surface area contributed by atoms with E-state index >= 15 is 0 Å². The van der Waals surface area contributed by atoms with Gasteiger partial charge in [-0.1, -0.05) is 48.7 Å². The van der Waals surface area contributed by atoms with Crippen LogP contribution in [0.25, 0.3) is 21.0 Å². The van der Waals surface area contributed by atoms with Gasteiger partial charge in [-0.25, -0.2) is 0 Å². The molecule has 0 saturated carbocycles. The standard InChI is InChI=1S/C17H16N2O4S2/c1-2-8-18-14(22)11-6-4-3-5-10(11)13-15(24)19(9-7-12(20)21)17(23)25-16(13)18/h3-6H,2,7-9H2,1H3,(H,20,21). The average molecular weight is 376 g/mol. The molecule has 0 atom stereocenters. The molecule has 25 heavy (non-hydrogen) atoms. The molecule has 0 aliphatic heterocycles. The van der Waals surface area contributed by atoms with Crippen molar-refractivity contribution < 1.29 is 9.90 Å². The molecule has 0 spiro atoms. The van der Waals surface area contributed by atoms with E-state index in [1.165, 1.54) is 4.57 Å². The van der Waals surface area contributed by atoms with E-state index in [9.17, 15) is 14.4 Å². The van der Waals surface area contributed by atoms with E-state index in [1.54, 1.807) is 16.7 Å². The predicted molar refractivity (Wildman–Crippen MR) is 101 cm³/mol. The number of benzene rings is 1. The van der Waals surface area contributed by atoms with Gasteiger partial charge in [-0.2, -0.15) is 0 Å². The van der Waals surface area contributed by atoms with Gasteiger partial charge in [0.15, 0.2) is 0 Å². The number of carboxylic acid groups (broad SMARTS) is 1. The summed E-state index contributed by atoms with van der Waals surface area (Å²) in [4.78, 5) is 36.3. The molecule has 0 amide bonds. The van der Waals surface area contributed by atoms with Gasteiger partial charge in [-0.05, 0) is 12.5 Å². The summed E-state index contributed by atoms with van der Waals surface area (Å²) in [5, 5.41) is 10.8. The number of rotatable bonds is 5. The third-order valence-corrected chi connectivity index (χ3v) is 5.43. The summed E-state index contributed by atoms with van der Waals surface area (Å²) < 4.78 is 3.19. The number of nitrogens with zero attached hydrogens (tertiary/aromatic N) is 2. The number of aromatic nitrogens is 2. The van der Waals surface area contributed by atoms with Crippen molar-refractivity contribution in [2.75, 3.05) is 0 Å². The lowest BCUT2D eigenvalue weighted by Crippen LogP contribution is -2.24. The Kier molecular flexibility index (Phi) is 4.82. The number of fused-ring (bicyclic) bond motifs is 3. The number of carboxylic acids is 1. The number of aryl methyl sites for hydroxylation is 1. The van der Waals surface area contributed by atoms with Crippen molar-refractivity contribution in [2.24, 2.45) is 0 Å². The van der Waals surface area contributed by atoms with E-state index in [-0.39, 0.29) is 28.0 Å². The van der Waals surface area contributed by atoms with E-state index in [4.69, 9.17) is 17.3 Å². The molecule has 3 rings (SSSR count). The van der Waals surface area contributed by atoms with Crippen LogP contribution in [0.2, 0.25) is 0 Å². The van der Waals surface area contributed by atoms with Crippen molar-refractivity contribution in [3.05, 3.63) is 48.9 Å². The predicted octanol–water partition coefficient (Wildman–Crippen LogP) is 2.99. The third-order valence-electron chi connectivity index (χ3n) is 3.99. The number of pyridine rings is 1. The molecule has 0 aliphatic carbocycles. The van der Waals surface area contributed by atoms with Crippen molar-refractivity contribution >= 4 is 50.5 Å². The molecule has 0 radical (unpaired) electrons. The summed E-state index contributed by atoms with van der Waals surface area (Å²) in [6.07, 6.45) is 0.559. The highest BCUT2D eigenvalue weighted by molar-refractivity contribution is 7.71. The van der Waals surface area contributed by atoms with Crippen LogP contribution in [-0.4, -0.2) is 20.2 Å². The lowest BCUT2D eigenvalue weighted by Gasteiger charge is -2.13. The van der Waals surface area contributed by atoms with E-state index in [0.29, 0.717) is 27.5 Å². The summed E-state index contributed by atoms with van der Waals surface area (Å²) >= 11 is 6.45. The Labute approximate surface area is 151 Å².